The van der Waals surface area contributed by atoms with E-state index in [1.165, 1.54) is 6.07 Å². The third-order valence-corrected chi connectivity index (χ3v) is 6.22. The van der Waals surface area contributed by atoms with Gasteiger partial charge in [0.05, 0.1) is 21.7 Å². The van der Waals surface area contributed by atoms with Gasteiger partial charge in [0.2, 0.25) is 0 Å². The maximum Gasteiger partial charge on any atom is 0.253 e. The zero-order valence-electron chi connectivity index (χ0n) is 25.1. The monoisotopic (exact) mass is 475 g/mol. The summed E-state index contributed by atoms with van der Waals surface area (Å²) in [5, 5.41) is 7.78. The Kier molecular flexibility index (Phi) is 4.98. The number of carbonyl (C=O) groups excluding carboxylic acids is 2. The molecule has 2 aromatic carbocycles. The summed E-state index contributed by atoms with van der Waals surface area (Å²) in [4.78, 5) is 27.5. The number of ether oxygens (including phenoxy) is 1. The molecule has 0 aliphatic carbocycles. The van der Waals surface area contributed by atoms with Gasteiger partial charge in [-0.3, -0.25) is 14.3 Å². The van der Waals surface area contributed by atoms with Gasteiger partial charge >= 0.3 is 0 Å². The van der Waals surface area contributed by atoms with E-state index in [-0.39, 0.29) is 11.5 Å². The molecule has 0 radical (unpaired) electrons. The molecular weight excluding hydrogens is 440 g/mol. The van der Waals surface area contributed by atoms with Gasteiger partial charge in [0.25, 0.3) is 11.8 Å². The Balaban J connectivity index is 1.41. The van der Waals surface area contributed by atoms with E-state index in [0.717, 1.165) is 12.8 Å². The van der Waals surface area contributed by atoms with Gasteiger partial charge in [-0.2, -0.15) is 5.10 Å². The van der Waals surface area contributed by atoms with Crippen LogP contribution in [0, 0.1) is 12.8 Å². The van der Waals surface area contributed by atoms with Gasteiger partial charge in [0.15, 0.2) is 0 Å². The minimum absolute atomic E-state index is 0.0243. The quantitative estimate of drug-likeness (QED) is 0.561. The van der Waals surface area contributed by atoms with Gasteiger partial charge in [0, 0.05) is 60.9 Å². The number of benzene rings is 2. The molecule has 0 atom stereocenters. The number of halogens is 1. The molecular formula is C25H29ClN4O3. The summed E-state index contributed by atoms with van der Waals surface area (Å²) in [6, 6.07) is 9.91. The van der Waals surface area contributed by atoms with Crippen molar-refractivity contribution in [1.82, 2.24) is 20.0 Å². The van der Waals surface area contributed by atoms with Crippen LogP contribution in [0.25, 0.3) is 10.9 Å². The van der Waals surface area contributed by atoms with Crippen LogP contribution in [0.1, 0.15) is 48.7 Å². The molecule has 2 amide bonds. The Morgan fingerprint density at radius 2 is 2.00 bits per heavy atom. The van der Waals surface area contributed by atoms with Gasteiger partial charge in [-0.05, 0) is 67.6 Å². The fourth-order valence-electron chi connectivity index (χ4n) is 4.15. The Hall–Kier alpha value is -2.90. The van der Waals surface area contributed by atoms with Crippen LogP contribution in [0.3, 0.4) is 0 Å². The molecule has 1 fully saturated rings. The van der Waals surface area contributed by atoms with Crippen molar-refractivity contribution in [3.8, 4) is 0 Å². The first kappa shape index (κ1) is 15.9. The van der Waals surface area contributed by atoms with Gasteiger partial charge in [0.1, 0.15) is 0 Å². The number of hydrogen-bond donors (Lipinski definition) is 1. The van der Waals surface area contributed by atoms with Crippen molar-refractivity contribution in [1.29, 1.82) is 0 Å². The lowest BCUT2D eigenvalue weighted by atomic mass is 9.96. The maximum absolute atomic E-state index is 12.9. The van der Waals surface area contributed by atoms with E-state index in [1.807, 2.05) is 10.2 Å². The van der Waals surface area contributed by atoms with Crippen LogP contribution >= 0.6 is 11.6 Å². The Labute approximate surface area is 208 Å². The molecule has 33 heavy (non-hydrogen) atoms. The topological polar surface area (TPSA) is 76.5 Å². The number of aromatic nitrogens is 2. The van der Waals surface area contributed by atoms with Crippen LogP contribution in [-0.2, 0) is 11.3 Å². The van der Waals surface area contributed by atoms with E-state index in [9.17, 15) is 9.59 Å². The van der Waals surface area contributed by atoms with E-state index < -0.39 is 26.0 Å². The Bertz CT molecular complexity index is 1400. The SMILES string of the molecule is [2H]C([2H])([2H])OC([2H])([2H])C([2H])([2H])NC(=O)c1ccc2nn(CC3CCN(C(=O)c4ccc(Cl)cc4)CC3)cc2c1C. The van der Waals surface area contributed by atoms with Crippen molar-refractivity contribution >= 4 is 34.3 Å². The van der Waals surface area contributed by atoms with Crippen LogP contribution in [0.2, 0.25) is 5.02 Å². The average Bonchev–Trinajstić information content (AvgIpc) is 3.26. The molecule has 1 aliphatic rings. The number of methoxy groups -OCH3 is 1. The predicted octanol–water partition coefficient (Wildman–Crippen LogP) is 3.93. The number of fused-ring (bicyclic) bond motifs is 1. The van der Waals surface area contributed by atoms with Crippen LogP contribution in [0.4, 0.5) is 0 Å². The Morgan fingerprint density at radius 1 is 1.24 bits per heavy atom. The first-order valence-electron chi connectivity index (χ1n) is 14.1. The highest BCUT2D eigenvalue weighted by atomic mass is 35.5. The maximum atomic E-state index is 12.9. The van der Waals surface area contributed by atoms with E-state index in [4.69, 9.17) is 21.2 Å². The first-order valence-corrected chi connectivity index (χ1v) is 11.0. The summed E-state index contributed by atoms with van der Waals surface area (Å²) in [6.07, 6.45) is 3.41. The average molecular weight is 476 g/mol. The first-order chi connectivity index (χ1) is 18.6. The minimum atomic E-state index is -3.31. The predicted molar refractivity (Wildman–Crippen MR) is 129 cm³/mol. The second kappa shape index (κ2) is 10.4. The highest BCUT2D eigenvalue weighted by Gasteiger charge is 2.24. The molecule has 1 aromatic heterocycles. The highest BCUT2D eigenvalue weighted by molar-refractivity contribution is 6.30. The largest absolute Gasteiger partial charge is 0.383 e. The number of aryl methyl sites for hydroxylation is 1. The van der Waals surface area contributed by atoms with Crippen molar-refractivity contribution in [3.63, 3.8) is 0 Å². The van der Waals surface area contributed by atoms with Crippen LogP contribution in [0.15, 0.2) is 42.6 Å². The minimum Gasteiger partial charge on any atom is -0.383 e. The zero-order chi connectivity index (χ0) is 29.5. The van der Waals surface area contributed by atoms with Crippen LogP contribution in [-0.4, -0.2) is 59.7 Å². The van der Waals surface area contributed by atoms with Crippen molar-refractivity contribution in [2.24, 2.45) is 5.92 Å². The van der Waals surface area contributed by atoms with Gasteiger partial charge < -0.3 is 15.0 Å². The summed E-state index contributed by atoms with van der Waals surface area (Å²) >= 11 is 5.92. The number of carbonyl (C=O) groups is 2. The molecule has 0 saturated carbocycles. The molecule has 0 spiro atoms. The smallest absolute Gasteiger partial charge is 0.253 e. The number of piperidine rings is 1. The van der Waals surface area contributed by atoms with Crippen molar-refractivity contribution in [2.75, 3.05) is 33.2 Å². The van der Waals surface area contributed by atoms with E-state index in [0.29, 0.717) is 52.6 Å². The molecule has 1 N–H and O–H groups in total. The summed E-state index contributed by atoms with van der Waals surface area (Å²) in [6.45, 7) is -2.91. The number of amides is 2. The third kappa shape index (κ3) is 5.37. The van der Waals surface area contributed by atoms with Gasteiger partial charge in [-0.15, -0.1) is 0 Å². The fraction of sp³-hybridized carbons (Fsp3) is 0.400. The number of nitrogens with one attached hydrogen (secondary N) is 1. The molecule has 3 aromatic rings. The molecule has 8 heteroatoms. The molecule has 0 bridgehead atoms. The highest BCUT2D eigenvalue weighted by Crippen LogP contribution is 2.24. The lowest BCUT2D eigenvalue weighted by Crippen LogP contribution is -2.39. The number of rotatable bonds is 7. The third-order valence-electron chi connectivity index (χ3n) is 5.97. The van der Waals surface area contributed by atoms with E-state index in [1.54, 1.807) is 48.1 Å². The summed E-state index contributed by atoms with van der Waals surface area (Å²) < 4.78 is 58.4. The molecule has 2 heterocycles. The number of hydrogen-bond acceptors (Lipinski definition) is 4. The zero-order valence-corrected chi connectivity index (χ0v) is 18.9. The van der Waals surface area contributed by atoms with Crippen LogP contribution < -0.4 is 5.32 Å². The lowest BCUT2D eigenvalue weighted by Gasteiger charge is -2.32. The fourth-order valence-corrected chi connectivity index (χ4v) is 4.28. The Morgan fingerprint density at radius 3 is 2.73 bits per heavy atom. The standard InChI is InChI=1S/C25H29ClN4O3/c1-17-21(24(31)27-11-14-33-2)7-8-23-22(17)16-30(28-23)15-18-9-12-29(13-10-18)25(32)19-3-5-20(26)6-4-19/h3-8,16,18H,9-15H2,1-2H3,(H,27,31)/i2D3,11D2,14D2. The molecule has 1 saturated heterocycles. The molecule has 1 aliphatic heterocycles. The summed E-state index contributed by atoms with van der Waals surface area (Å²) in [5.41, 5.74) is 1.84. The second-order valence-corrected chi connectivity index (χ2v) is 8.48. The molecule has 174 valence electrons. The molecule has 0 unspecified atom stereocenters. The van der Waals surface area contributed by atoms with Gasteiger partial charge in [-0.25, -0.2) is 0 Å². The second-order valence-electron chi connectivity index (χ2n) is 8.05. The van der Waals surface area contributed by atoms with Crippen molar-refractivity contribution < 1.29 is 23.9 Å². The summed E-state index contributed by atoms with van der Waals surface area (Å²) in [5.74, 6) is -0.656. The normalized spacial score (nSPS) is 19.0. The van der Waals surface area contributed by atoms with E-state index in [2.05, 4.69) is 9.84 Å². The van der Waals surface area contributed by atoms with Crippen LogP contribution in [0.5, 0.6) is 0 Å². The summed E-state index contributed by atoms with van der Waals surface area (Å²) in [7, 11) is -3.20. The molecule has 7 nitrogen and oxygen atoms in total. The van der Waals surface area contributed by atoms with Gasteiger partial charge in [-0.1, -0.05) is 11.6 Å². The van der Waals surface area contributed by atoms with Crippen molar-refractivity contribution in [2.45, 2.75) is 26.3 Å². The lowest BCUT2D eigenvalue weighted by molar-refractivity contribution is 0.0681. The number of nitrogens with zero attached hydrogens (tertiary/aromatic N) is 3. The molecule has 4 rings (SSSR count). The van der Waals surface area contributed by atoms with E-state index >= 15 is 0 Å². The number of likely N-dealkylation sites (tertiary alicyclic amines) is 1. The van der Waals surface area contributed by atoms with Crippen molar-refractivity contribution in [3.05, 3.63) is 64.3 Å².